The van der Waals surface area contributed by atoms with Crippen molar-refractivity contribution in [2.45, 2.75) is 17.5 Å². The number of carbonyl (C=O) groups excluding carboxylic acids is 3. The van der Waals surface area contributed by atoms with Gasteiger partial charge in [0, 0.05) is 16.9 Å². The molecule has 0 saturated carbocycles. The van der Waals surface area contributed by atoms with Gasteiger partial charge in [-0.3, -0.25) is 14.4 Å². The minimum atomic E-state index is -1.40. The largest absolute Gasteiger partial charge is 0.497 e. The molecule has 1 saturated heterocycles. The lowest BCUT2D eigenvalue weighted by atomic mass is 9.64. The highest BCUT2D eigenvalue weighted by Gasteiger charge is 2.70. The van der Waals surface area contributed by atoms with E-state index < -0.39 is 23.4 Å². The van der Waals surface area contributed by atoms with E-state index in [1.54, 1.807) is 42.5 Å². The Hall–Kier alpha value is -5.17. The van der Waals surface area contributed by atoms with E-state index in [0.29, 0.717) is 28.3 Å². The van der Waals surface area contributed by atoms with Crippen LogP contribution in [-0.4, -0.2) is 43.8 Å². The number of para-hydroxylation sites is 2. The molecule has 0 unspecified atom stereocenters. The Balaban J connectivity index is 1.55. The van der Waals surface area contributed by atoms with Crippen LogP contribution >= 0.6 is 0 Å². The fourth-order valence-electron chi connectivity index (χ4n) is 7.07. The van der Waals surface area contributed by atoms with Crippen LogP contribution in [0, 0.1) is 5.92 Å². The van der Waals surface area contributed by atoms with Gasteiger partial charge in [-0.1, -0.05) is 78.9 Å². The van der Waals surface area contributed by atoms with Crippen molar-refractivity contribution in [3.63, 3.8) is 0 Å². The minimum Gasteiger partial charge on any atom is -0.497 e. The number of benzene rings is 4. The average Bonchev–Trinajstić information content (AvgIpc) is 3.52. The molecule has 42 heavy (non-hydrogen) atoms. The van der Waals surface area contributed by atoms with E-state index in [9.17, 15) is 9.59 Å². The summed E-state index contributed by atoms with van der Waals surface area (Å²) >= 11 is 0. The van der Waals surface area contributed by atoms with Gasteiger partial charge >= 0.3 is 0 Å². The summed E-state index contributed by atoms with van der Waals surface area (Å²) in [5.74, 6) is -1.21. The number of nitrogens with zero attached hydrogens (tertiary/aromatic N) is 1. The monoisotopic (exact) mass is 556 g/mol. The van der Waals surface area contributed by atoms with Gasteiger partial charge in [-0.05, 0) is 41.5 Å². The fourth-order valence-corrected chi connectivity index (χ4v) is 7.07. The van der Waals surface area contributed by atoms with E-state index >= 15 is 4.79 Å². The van der Waals surface area contributed by atoms with Gasteiger partial charge in [-0.2, -0.15) is 0 Å². The number of anilines is 2. The number of rotatable bonds is 6. The molecule has 208 valence electrons. The molecule has 0 radical (unpaired) electrons. The number of hydrogen-bond acceptors (Lipinski definition) is 6. The highest BCUT2D eigenvalue weighted by Crippen LogP contribution is 2.58. The molecular formula is C35H28N2O5. The maximum Gasteiger partial charge on any atom is 0.238 e. The second-order valence-electron chi connectivity index (χ2n) is 10.7. The Morgan fingerprint density at radius 3 is 2.36 bits per heavy atom. The molecule has 7 rings (SSSR count). The molecule has 4 aromatic rings. The molecule has 4 atom stereocenters. The smallest absolute Gasteiger partial charge is 0.238 e. The maximum absolute atomic E-state index is 15.1. The molecule has 7 heteroatoms. The van der Waals surface area contributed by atoms with Crippen molar-refractivity contribution in [2.24, 2.45) is 5.92 Å². The average molecular weight is 557 g/mol. The number of amides is 1. The van der Waals surface area contributed by atoms with Crippen LogP contribution in [0.1, 0.15) is 31.8 Å². The van der Waals surface area contributed by atoms with Crippen molar-refractivity contribution >= 4 is 34.9 Å². The minimum absolute atomic E-state index is 0.236. The van der Waals surface area contributed by atoms with Crippen LogP contribution in [0.25, 0.3) is 6.08 Å². The molecule has 7 nitrogen and oxygen atoms in total. The zero-order valence-corrected chi connectivity index (χ0v) is 23.1. The number of nitrogens with one attached hydrogen (secondary N) is 1. The predicted molar refractivity (Wildman–Crippen MR) is 160 cm³/mol. The molecular weight excluding hydrogens is 528 g/mol. The Morgan fingerprint density at radius 2 is 1.57 bits per heavy atom. The summed E-state index contributed by atoms with van der Waals surface area (Å²) in [6, 6.07) is 27.6. The lowest BCUT2D eigenvalue weighted by molar-refractivity contribution is -0.121. The lowest BCUT2D eigenvalue weighted by Gasteiger charge is -2.37. The molecule has 4 aromatic carbocycles. The van der Waals surface area contributed by atoms with Crippen molar-refractivity contribution in [3.8, 4) is 11.5 Å². The van der Waals surface area contributed by atoms with Gasteiger partial charge in [0.25, 0.3) is 0 Å². The summed E-state index contributed by atoms with van der Waals surface area (Å²) in [6.07, 6.45) is 3.95. The molecule has 3 aliphatic heterocycles. The SMILES string of the molecule is COc1ccc(OC)c(C(=O)[C@@H]2[C@@H](C(=O)c3ccccc3)N3c4ccccc4C=C[C@@H]3[C@]23C(=O)Nc2ccccc23)c1. The topological polar surface area (TPSA) is 84.9 Å². The van der Waals surface area contributed by atoms with Crippen molar-refractivity contribution in [1.29, 1.82) is 0 Å². The van der Waals surface area contributed by atoms with Gasteiger partial charge in [0.15, 0.2) is 11.6 Å². The van der Waals surface area contributed by atoms with E-state index in [4.69, 9.17) is 9.47 Å². The van der Waals surface area contributed by atoms with Gasteiger partial charge in [0.2, 0.25) is 5.91 Å². The highest BCUT2D eigenvalue weighted by atomic mass is 16.5. The first-order chi connectivity index (χ1) is 20.5. The van der Waals surface area contributed by atoms with Crippen LogP contribution in [0.2, 0.25) is 0 Å². The number of Topliss-reactive ketones (excluding diaryl/α,β-unsaturated/α-hetero) is 2. The van der Waals surface area contributed by atoms with Crippen molar-refractivity contribution in [3.05, 3.63) is 125 Å². The lowest BCUT2D eigenvalue weighted by Crippen LogP contribution is -2.51. The van der Waals surface area contributed by atoms with E-state index in [-0.39, 0.29) is 23.0 Å². The third-order valence-corrected chi connectivity index (χ3v) is 8.82. The van der Waals surface area contributed by atoms with E-state index in [2.05, 4.69) is 5.32 Å². The number of hydrogen-bond donors (Lipinski definition) is 1. The third-order valence-electron chi connectivity index (χ3n) is 8.82. The zero-order valence-electron chi connectivity index (χ0n) is 23.1. The molecule has 0 aliphatic carbocycles. The number of carbonyl (C=O) groups is 3. The Labute approximate surface area is 243 Å². The Morgan fingerprint density at radius 1 is 0.833 bits per heavy atom. The molecule has 1 amide bonds. The maximum atomic E-state index is 15.1. The van der Waals surface area contributed by atoms with Gasteiger partial charge in [0.05, 0.1) is 31.7 Å². The Kier molecular flexibility index (Phi) is 5.97. The van der Waals surface area contributed by atoms with Crippen molar-refractivity contribution < 1.29 is 23.9 Å². The molecule has 0 bridgehead atoms. The van der Waals surface area contributed by atoms with Gasteiger partial charge in [0.1, 0.15) is 23.0 Å². The number of ketones is 2. The summed E-state index contributed by atoms with van der Waals surface area (Å²) < 4.78 is 11.1. The van der Waals surface area contributed by atoms with E-state index in [0.717, 1.165) is 11.3 Å². The summed E-state index contributed by atoms with van der Waals surface area (Å²) in [6.45, 7) is 0. The molecule has 3 heterocycles. The third kappa shape index (κ3) is 3.49. The molecule has 3 aliphatic rings. The van der Waals surface area contributed by atoms with Crippen molar-refractivity contribution in [1.82, 2.24) is 0 Å². The quantitative estimate of drug-likeness (QED) is 0.313. The number of ether oxygens (including phenoxy) is 2. The summed E-state index contributed by atoms with van der Waals surface area (Å²) in [4.78, 5) is 46.2. The van der Waals surface area contributed by atoms with Crippen LogP contribution in [0.15, 0.2) is 103 Å². The van der Waals surface area contributed by atoms with Gasteiger partial charge < -0.3 is 19.7 Å². The second-order valence-corrected chi connectivity index (χ2v) is 10.7. The summed E-state index contributed by atoms with van der Waals surface area (Å²) in [7, 11) is 3.02. The highest BCUT2D eigenvalue weighted by molar-refractivity contribution is 6.19. The first-order valence-corrected chi connectivity index (χ1v) is 13.8. The number of methoxy groups -OCH3 is 2. The first kappa shape index (κ1) is 25.8. The summed E-state index contributed by atoms with van der Waals surface area (Å²) in [5.41, 5.74) is 2.35. The van der Waals surface area contributed by atoms with Crippen LogP contribution in [0.3, 0.4) is 0 Å². The standard InChI is InChI=1S/C35H28N2O5/c1-41-23-17-18-28(42-2)24(20-23)33(39)30-31(32(38)22-11-4-3-5-12-22)37-27-15-9-6-10-21(27)16-19-29(37)35(30)25-13-7-8-14-26(25)36-34(35)40/h3-20,29-31H,1-2H3,(H,36,40)/t29-,30+,31+,35+/m1/s1. The number of fused-ring (bicyclic) bond motifs is 6. The van der Waals surface area contributed by atoms with E-state index in [1.807, 2.05) is 71.6 Å². The van der Waals surface area contributed by atoms with Gasteiger partial charge in [-0.15, -0.1) is 0 Å². The Bertz CT molecular complexity index is 1780. The van der Waals surface area contributed by atoms with Crippen molar-refractivity contribution in [2.75, 3.05) is 24.4 Å². The molecule has 0 aromatic heterocycles. The normalized spacial score (nSPS) is 23.1. The summed E-state index contributed by atoms with van der Waals surface area (Å²) in [5, 5.41) is 3.05. The fraction of sp³-hybridized carbons (Fsp3) is 0.171. The molecule has 1 fully saturated rings. The molecule has 1 spiro atoms. The second kappa shape index (κ2) is 9.73. The van der Waals surface area contributed by atoms with Crippen LogP contribution in [0.5, 0.6) is 11.5 Å². The zero-order chi connectivity index (χ0) is 29.0. The van der Waals surface area contributed by atoms with E-state index in [1.165, 1.54) is 14.2 Å². The van der Waals surface area contributed by atoms with Crippen LogP contribution in [0.4, 0.5) is 11.4 Å². The van der Waals surface area contributed by atoms with Crippen LogP contribution in [-0.2, 0) is 10.2 Å². The molecule has 1 N–H and O–H groups in total. The van der Waals surface area contributed by atoms with Gasteiger partial charge in [-0.25, -0.2) is 0 Å². The van der Waals surface area contributed by atoms with Crippen LogP contribution < -0.4 is 19.7 Å². The first-order valence-electron chi connectivity index (χ1n) is 13.8. The predicted octanol–water partition coefficient (Wildman–Crippen LogP) is 5.56.